The molecule has 1 aromatic rings. The fourth-order valence-corrected chi connectivity index (χ4v) is 2.32. The summed E-state index contributed by atoms with van der Waals surface area (Å²) in [6.45, 7) is 0.476. The van der Waals surface area contributed by atoms with E-state index in [4.69, 9.17) is 10.5 Å². The van der Waals surface area contributed by atoms with E-state index in [-0.39, 0.29) is 24.3 Å². The number of hydrogen-bond acceptors (Lipinski definition) is 2. The van der Waals surface area contributed by atoms with E-state index in [1.165, 1.54) is 4.90 Å². The molecule has 1 heterocycles. The first-order chi connectivity index (χ1) is 10.3. The first-order valence-corrected chi connectivity index (χ1v) is 6.77. The molecule has 0 unspecified atom stereocenters. The van der Waals surface area contributed by atoms with Crippen molar-refractivity contribution in [2.24, 2.45) is 0 Å². The first kappa shape index (κ1) is 16.5. The van der Waals surface area contributed by atoms with Gasteiger partial charge in [0.05, 0.1) is 5.56 Å². The number of piperidine rings is 1. The minimum atomic E-state index is -4.77. The lowest BCUT2D eigenvalue weighted by atomic mass is 10.1. The van der Waals surface area contributed by atoms with Crippen molar-refractivity contribution in [2.75, 3.05) is 19.6 Å². The number of ether oxygens (including phenoxy) is 1. The number of likely N-dealkylation sites (tertiary alicyclic amines) is 1. The average molecular weight is 319 g/mol. The fourth-order valence-electron chi connectivity index (χ4n) is 2.32. The number of amides is 1. The largest absolute Gasteiger partial charge is 0.670 e. The van der Waals surface area contributed by atoms with Crippen molar-refractivity contribution in [1.29, 1.82) is 0 Å². The van der Waals surface area contributed by atoms with E-state index < -0.39 is 17.6 Å². The standard InChI is InChI=1S/C14H15F4N2O2/c15-12-2-1-10(7-11(12)14(16,17)18)22-9-3-5-20(6-4-9)13(21)8-19/h1-2,7,9,19H,3-6,8H2/q-1. The Labute approximate surface area is 124 Å². The van der Waals surface area contributed by atoms with E-state index >= 15 is 0 Å². The van der Waals surface area contributed by atoms with Crippen molar-refractivity contribution in [1.82, 2.24) is 4.90 Å². The molecule has 22 heavy (non-hydrogen) atoms. The third-order valence-corrected chi connectivity index (χ3v) is 3.49. The summed E-state index contributed by atoms with van der Waals surface area (Å²) in [5.41, 5.74) is 5.66. The first-order valence-electron chi connectivity index (χ1n) is 6.77. The molecule has 0 aromatic heterocycles. The molecular formula is C14H15F4N2O2-. The summed E-state index contributed by atoms with van der Waals surface area (Å²) in [4.78, 5) is 12.9. The summed E-state index contributed by atoms with van der Waals surface area (Å²) >= 11 is 0. The van der Waals surface area contributed by atoms with E-state index in [0.29, 0.717) is 32.0 Å². The maximum Gasteiger partial charge on any atom is 0.419 e. The van der Waals surface area contributed by atoms with Crippen LogP contribution in [-0.2, 0) is 11.0 Å². The monoisotopic (exact) mass is 319 g/mol. The molecule has 1 aromatic carbocycles. The molecule has 8 heteroatoms. The lowest BCUT2D eigenvalue weighted by molar-refractivity contribution is -0.140. The molecule has 2 rings (SSSR count). The molecular weight excluding hydrogens is 304 g/mol. The maximum absolute atomic E-state index is 13.2. The minimum absolute atomic E-state index is 0.0426. The summed E-state index contributed by atoms with van der Waals surface area (Å²) in [7, 11) is 0. The lowest BCUT2D eigenvalue weighted by Crippen LogP contribution is -2.42. The summed E-state index contributed by atoms with van der Waals surface area (Å²) in [5, 5.41) is 0. The molecule has 1 amide bonds. The molecule has 0 bridgehead atoms. The van der Waals surface area contributed by atoms with Crippen LogP contribution in [0.4, 0.5) is 17.6 Å². The number of carbonyl (C=O) groups excluding carboxylic acids is 1. The second-order valence-corrected chi connectivity index (χ2v) is 5.01. The molecule has 1 N–H and O–H groups in total. The van der Waals surface area contributed by atoms with Crippen LogP contribution < -0.4 is 4.74 Å². The zero-order chi connectivity index (χ0) is 16.3. The van der Waals surface area contributed by atoms with Gasteiger partial charge in [-0.3, -0.25) is 4.79 Å². The second kappa shape index (κ2) is 6.51. The average Bonchev–Trinajstić information content (AvgIpc) is 2.48. The number of rotatable bonds is 3. The quantitative estimate of drug-likeness (QED) is 0.803. The van der Waals surface area contributed by atoms with Gasteiger partial charge in [0, 0.05) is 25.9 Å². The van der Waals surface area contributed by atoms with Crippen LogP contribution in [0.25, 0.3) is 5.73 Å². The zero-order valence-electron chi connectivity index (χ0n) is 11.6. The van der Waals surface area contributed by atoms with Gasteiger partial charge in [-0.05, 0) is 18.2 Å². The minimum Gasteiger partial charge on any atom is -0.670 e. The molecule has 0 aliphatic carbocycles. The number of hydrogen-bond donors (Lipinski definition) is 0. The summed E-state index contributed by atoms with van der Waals surface area (Å²) in [6, 6.07) is 2.54. The summed E-state index contributed by atoms with van der Waals surface area (Å²) in [6.07, 6.45) is -4.18. The molecule has 1 aliphatic rings. The SMILES string of the molecule is [NH-]CC(=O)N1CCC(Oc2ccc(F)c(C(F)(F)F)c2)CC1. The topological polar surface area (TPSA) is 53.3 Å². The molecule has 122 valence electrons. The Hall–Kier alpha value is -1.83. The van der Waals surface area contributed by atoms with Crippen LogP contribution in [0.3, 0.4) is 0 Å². The van der Waals surface area contributed by atoms with E-state index in [1.54, 1.807) is 0 Å². The number of carbonyl (C=O) groups is 1. The maximum atomic E-state index is 13.2. The van der Waals surface area contributed by atoms with Crippen LogP contribution in [0.5, 0.6) is 5.75 Å². The molecule has 0 saturated carbocycles. The van der Waals surface area contributed by atoms with Gasteiger partial charge in [0.2, 0.25) is 5.91 Å². The summed E-state index contributed by atoms with van der Waals surface area (Å²) in [5.74, 6) is -1.66. The Balaban J connectivity index is 1.99. The number of nitrogens with one attached hydrogen (secondary N) is 1. The second-order valence-electron chi connectivity index (χ2n) is 5.01. The highest BCUT2D eigenvalue weighted by Gasteiger charge is 2.34. The molecule has 4 nitrogen and oxygen atoms in total. The number of halogens is 4. The predicted octanol–water partition coefficient (Wildman–Crippen LogP) is 3.27. The predicted molar refractivity (Wildman–Crippen MR) is 70.8 cm³/mol. The van der Waals surface area contributed by atoms with Crippen molar-refractivity contribution < 1.29 is 27.1 Å². The number of benzene rings is 1. The Morgan fingerprint density at radius 2 is 1.95 bits per heavy atom. The van der Waals surface area contributed by atoms with Crippen LogP contribution in [0.1, 0.15) is 18.4 Å². The van der Waals surface area contributed by atoms with Gasteiger partial charge in [-0.25, -0.2) is 4.39 Å². The third-order valence-electron chi connectivity index (χ3n) is 3.49. The van der Waals surface area contributed by atoms with Crippen molar-refractivity contribution in [3.8, 4) is 5.75 Å². The van der Waals surface area contributed by atoms with Gasteiger partial charge < -0.3 is 15.4 Å². The van der Waals surface area contributed by atoms with Crippen molar-refractivity contribution in [2.45, 2.75) is 25.1 Å². The van der Waals surface area contributed by atoms with Gasteiger partial charge in [0.1, 0.15) is 17.7 Å². The molecule has 1 aliphatic heterocycles. The Morgan fingerprint density at radius 1 is 1.32 bits per heavy atom. The third kappa shape index (κ3) is 3.88. The van der Waals surface area contributed by atoms with Gasteiger partial charge in [0.15, 0.2) is 0 Å². The van der Waals surface area contributed by atoms with E-state index in [2.05, 4.69) is 0 Å². The highest BCUT2D eigenvalue weighted by molar-refractivity contribution is 5.79. The Morgan fingerprint density at radius 3 is 2.50 bits per heavy atom. The summed E-state index contributed by atoms with van der Waals surface area (Å²) < 4.78 is 56.5. The smallest absolute Gasteiger partial charge is 0.419 e. The Kier molecular flexibility index (Phi) is 4.90. The molecule has 1 saturated heterocycles. The number of alkyl halides is 3. The Bertz CT molecular complexity index is 540. The zero-order valence-corrected chi connectivity index (χ0v) is 11.6. The molecule has 1 fully saturated rings. The van der Waals surface area contributed by atoms with Gasteiger partial charge in [-0.2, -0.15) is 13.2 Å². The van der Waals surface area contributed by atoms with Crippen LogP contribution in [-0.4, -0.2) is 36.5 Å². The van der Waals surface area contributed by atoms with Crippen LogP contribution >= 0.6 is 0 Å². The van der Waals surface area contributed by atoms with Gasteiger partial charge in [-0.1, -0.05) is 6.54 Å². The van der Waals surface area contributed by atoms with Crippen LogP contribution in [0.2, 0.25) is 0 Å². The van der Waals surface area contributed by atoms with Crippen molar-refractivity contribution >= 4 is 5.91 Å². The highest BCUT2D eigenvalue weighted by atomic mass is 19.4. The van der Waals surface area contributed by atoms with Crippen molar-refractivity contribution in [3.63, 3.8) is 0 Å². The normalized spacial score (nSPS) is 16.7. The van der Waals surface area contributed by atoms with Crippen LogP contribution in [0, 0.1) is 5.82 Å². The molecule has 0 spiro atoms. The van der Waals surface area contributed by atoms with Gasteiger partial charge in [0.25, 0.3) is 0 Å². The van der Waals surface area contributed by atoms with E-state index in [0.717, 1.165) is 12.1 Å². The van der Waals surface area contributed by atoms with Gasteiger partial charge >= 0.3 is 6.18 Å². The number of nitrogens with zero attached hydrogens (tertiary/aromatic N) is 1. The molecule has 0 radical (unpaired) electrons. The van der Waals surface area contributed by atoms with E-state index in [9.17, 15) is 22.4 Å². The molecule has 0 atom stereocenters. The van der Waals surface area contributed by atoms with Gasteiger partial charge in [-0.15, -0.1) is 0 Å². The highest BCUT2D eigenvalue weighted by Crippen LogP contribution is 2.34. The van der Waals surface area contributed by atoms with E-state index in [1.807, 2.05) is 0 Å². The lowest BCUT2D eigenvalue weighted by Gasteiger charge is -2.33. The fraction of sp³-hybridized carbons (Fsp3) is 0.500. The van der Waals surface area contributed by atoms with Crippen molar-refractivity contribution in [3.05, 3.63) is 35.3 Å². The van der Waals surface area contributed by atoms with Crippen LogP contribution in [0.15, 0.2) is 18.2 Å².